The van der Waals surface area contributed by atoms with E-state index in [2.05, 4.69) is 39.8 Å². The largest absolute Gasteiger partial charge is 0.508 e. The van der Waals surface area contributed by atoms with Crippen molar-refractivity contribution in [2.75, 3.05) is 26.2 Å². The van der Waals surface area contributed by atoms with E-state index in [-0.39, 0.29) is 47.8 Å². The number of hydrogen-bond acceptors (Lipinski definition) is 8. The van der Waals surface area contributed by atoms with Crippen LogP contribution in [0.25, 0.3) is 11.0 Å². The van der Waals surface area contributed by atoms with Gasteiger partial charge in [-0.1, -0.05) is 30.3 Å². The predicted molar refractivity (Wildman–Crippen MR) is 153 cm³/mol. The van der Waals surface area contributed by atoms with Crippen LogP contribution in [0.1, 0.15) is 55.1 Å². The third kappa shape index (κ3) is 8.65. The summed E-state index contributed by atoms with van der Waals surface area (Å²) in [4.78, 5) is 52.7. The summed E-state index contributed by atoms with van der Waals surface area (Å²) in [6.45, 7) is 5.34. The summed E-state index contributed by atoms with van der Waals surface area (Å²) < 4.78 is 10.6. The first kappa shape index (κ1) is 29.8. The number of likely N-dealkylation sites (tertiary alicyclic amines) is 1. The number of amides is 2. The first-order valence-electron chi connectivity index (χ1n) is 14.1. The summed E-state index contributed by atoms with van der Waals surface area (Å²) in [5, 5.41) is 15.2. The van der Waals surface area contributed by atoms with E-state index in [1.54, 1.807) is 6.92 Å². The number of hydrogen-bond donors (Lipinski definition) is 3. The van der Waals surface area contributed by atoms with Gasteiger partial charge in [0.05, 0.1) is 12.0 Å². The van der Waals surface area contributed by atoms with Crippen molar-refractivity contribution in [2.24, 2.45) is 5.92 Å². The second-order valence-corrected chi connectivity index (χ2v) is 10.3. The topological polar surface area (TPSA) is 138 Å². The molecule has 0 unspecified atom stereocenters. The lowest BCUT2D eigenvalue weighted by Gasteiger charge is -2.32. The molecule has 10 heteroatoms. The van der Waals surface area contributed by atoms with Gasteiger partial charge in [-0.05, 0) is 75.4 Å². The Kier molecular flexibility index (Phi) is 10.5. The van der Waals surface area contributed by atoms with E-state index in [1.165, 1.54) is 23.8 Å². The van der Waals surface area contributed by atoms with Gasteiger partial charge in [0.15, 0.2) is 11.2 Å². The zero-order valence-electron chi connectivity index (χ0n) is 23.3. The number of aromatic hydroxyl groups is 1. The molecular formula is C31H37N3O7. The number of fused-ring (bicyclic) bond motifs is 1. The molecule has 1 aliphatic heterocycles. The third-order valence-corrected chi connectivity index (χ3v) is 7.30. The molecule has 1 aromatic heterocycles. The lowest BCUT2D eigenvalue weighted by atomic mass is 9.93. The average Bonchev–Trinajstić information content (AvgIpc) is 2.97. The number of esters is 1. The molecule has 2 aromatic carbocycles. The van der Waals surface area contributed by atoms with E-state index in [1.807, 2.05) is 6.07 Å². The molecule has 41 heavy (non-hydrogen) atoms. The molecule has 218 valence electrons. The van der Waals surface area contributed by atoms with Crippen molar-refractivity contribution in [3.05, 3.63) is 76.1 Å². The summed E-state index contributed by atoms with van der Waals surface area (Å²) in [6, 6.07) is 14.3. The molecule has 0 bridgehead atoms. The van der Waals surface area contributed by atoms with Crippen LogP contribution in [-0.4, -0.2) is 60.1 Å². The molecule has 1 atom stereocenters. The highest BCUT2D eigenvalue weighted by Gasteiger charge is 2.25. The number of ether oxygens (including phenoxy) is 1. The lowest BCUT2D eigenvalue weighted by molar-refractivity contribution is -0.145. The molecule has 4 rings (SSSR count). The second kappa shape index (κ2) is 14.5. The van der Waals surface area contributed by atoms with Crippen LogP contribution in [0.3, 0.4) is 0 Å². The Morgan fingerprint density at radius 1 is 1.10 bits per heavy atom. The second-order valence-electron chi connectivity index (χ2n) is 10.3. The number of rotatable bonds is 12. The van der Waals surface area contributed by atoms with Gasteiger partial charge in [0.25, 0.3) is 5.91 Å². The van der Waals surface area contributed by atoms with E-state index in [4.69, 9.17) is 9.15 Å². The van der Waals surface area contributed by atoms with Crippen molar-refractivity contribution in [1.82, 2.24) is 15.5 Å². The number of benzene rings is 2. The minimum absolute atomic E-state index is 0.0141. The minimum atomic E-state index is -1.09. The average molecular weight is 564 g/mol. The fraction of sp³-hybridized carbons (Fsp3) is 0.419. The number of nitrogens with zero attached hydrogens (tertiary/aromatic N) is 1. The van der Waals surface area contributed by atoms with E-state index in [9.17, 15) is 24.3 Å². The summed E-state index contributed by atoms with van der Waals surface area (Å²) >= 11 is 0. The van der Waals surface area contributed by atoms with Crippen molar-refractivity contribution in [3.63, 3.8) is 0 Å². The number of nitrogens with one attached hydrogen (secondary N) is 2. The quantitative estimate of drug-likeness (QED) is 0.285. The number of phenolic OH excluding ortho intramolecular Hbond substituents is 1. The van der Waals surface area contributed by atoms with Crippen LogP contribution in [-0.2, 0) is 20.9 Å². The van der Waals surface area contributed by atoms with Crippen molar-refractivity contribution in [3.8, 4) is 5.75 Å². The Morgan fingerprint density at radius 3 is 2.59 bits per heavy atom. The van der Waals surface area contributed by atoms with Crippen LogP contribution < -0.4 is 16.1 Å². The Hall–Kier alpha value is -4.18. The molecule has 0 saturated carbocycles. The highest BCUT2D eigenvalue weighted by molar-refractivity contribution is 5.96. The summed E-state index contributed by atoms with van der Waals surface area (Å²) in [7, 11) is 0. The maximum absolute atomic E-state index is 12.8. The van der Waals surface area contributed by atoms with E-state index in [0.29, 0.717) is 12.5 Å². The number of piperidine rings is 1. The highest BCUT2D eigenvalue weighted by Crippen LogP contribution is 2.22. The molecule has 3 aromatic rings. The van der Waals surface area contributed by atoms with Crippen LogP contribution in [0.4, 0.5) is 0 Å². The van der Waals surface area contributed by atoms with Gasteiger partial charge >= 0.3 is 5.97 Å². The first-order valence-corrected chi connectivity index (χ1v) is 14.1. The fourth-order valence-electron chi connectivity index (χ4n) is 5.03. The van der Waals surface area contributed by atoms with Crippen LogP contribution in [0.5, 0.6) is 5.75 Å². The Balaban J connectivity index is 1.23. The van der Waals surface area contributed by atoms with Crippen LogP contribution in [0.15, 0.2) is 63.8 Å². The van der Waals surface area contributed by atoms with Crippen molar-refractivity contribution < 1.29 is 28.6 Å². The van der Waals surface area contributed by atoms with Crippen LogP contribution in [0.2, 0.25) is 0 Å². The Morgan fingerprint density at radius 2 is 1.85 bits per heavy atom. The maximum atomic E-state index is 12.8. The number of carbonyl (C=O) groups excluding carboxylic acids is 3. The molecule has 0 radical (unpaired) electrons. The van der Waals surface area contributed by atoms with E-state index in [0.717, 1.165) is 45.0 Å². The van der Waals surface area contributed by atoms with Gasteiger partial charge in [-0.15, -0.1) is 0 Å². The van der Waals surface area contributed by atoms with Crippen molar-refractivity contribution >= 4 is 28.8 Å². The summed E-state index contributed by atoms with van der Waals surface area (Å²) in [5.74, 6) is -1.52. The predicted octanol–water partition coefficient (Wildman–Crippen LogP) is 3.36. The normalized spacial score (nSPS) is 14.9. The molecule has 1 fully saturated rings. The van der Waals surface area contributed by atoms with E-state index < -0.39 is 23.3 Å². The molecule has 1 aliphatic rings. The molecule has 0 spiro atoms. The molecule has 10 nitrogen and oxygen atoms in total. The van der Waals surface area contributed by atoms with Gasteiger partial charge in [0.2, 0.25) is 5.91 Å². The summed E-state index contributed by atoms with van der Waals surface area (Å²) in [6.07, 6.45) is 3.11. The van der Waals surface area contributed by atoms with Gasteiger partial charge in [-0.2, -0.15) is 0 Å². The van der Waals surface area contributed by atoms with Gasteiger partial charge in [0.1, 0.15) is 17.4 Å². The number of carbonyl (C=O) groups is 3. The van der Waals surface area contributed by atoms with Crippen LogP contribution >= 0.6 is 0 Å². The van der Waals surface area contributed by atoms with Crippen molar-refractivity contribution in [2.45, 2.75) is 51.6 Å². The van der Waals surface area contributed by atoms with Gasteiger partial charge < -0.3 is 24.9 Å². The highest BCUT2D eigenvalue weighted by atomic mass is 16.5. The smallest absolute Gasteiger partial charge is 0.328 e. The molecule has 1 saturated heterocycles. The Labute approximate surface area is 238 Å². The third-order valence-electron chi connectivity index (χ3n) is 7.30. The standard InChI is InChI=1S/C31H37N3O7/c1-2-40-31(39)25(33-30(38)28-19-26(36)24-18-23(35)8-10-27(24)41-28)9-11-29(37)32-15-12-21-13-16-34(17-14-21)20-22-6-4-3-5-7-22/h3-8,10,18-19,21,25,35H,2,9,11-17,20H2,1H3,(H,32,37)(H,33,38)/t25-/m0/s1. The minimum Gasteiger partial charge on any atom is -0.508 e. The van der Waals surface area contributed by atoms with E-state index >= 15 is 0 Å². The first-order chi connectivity index (χ1) is 19.8. The lowest BCUT2D eigenvalue weighted by Crippen LogP contribution is -2.43. The van der Waals surface area contributed by atoms with Crippen molar-refractivity contribution in [1.29, 1.82) is 0 Å². The molecule has 2 amide bonds. The fourth-order valence-corrected chi connectivity index (χ4v) is 5.03. The molecule has 3 N–H and O–H groups in total. The zero-order chi connectivity index (χ0) is 29.2. The van der Waals surface area contributed by atoms with Gasteiger partial charge in [-0.3, -0.25) is 19.3 Å². The summed E-state index contributed by atoms with van der Waals surface area (Å²) in [5.41, 5.74) is 0.925. The molecular weight excluding hydrogens is 526 g/mol. The van der Waals surface area contributed by atoms with Crippen LogP contribution in [0, 0.1) is 5.92 Å². The SMILES string of the molecule is CCOC(=O)[C@H](CCC(=O)NCCC1CCN(Cc2ccccc2)CC1)NC(=O)c1cc(=O)c2cc(O)ccc2o1. The van der Waals surface area contributed by atoms with Gasteiger partial charge in [0, 0.05) is 25.6 Å². The maximum Gasteiger partial charge on any atom is 0.328 e. The number of phenols is 1. The molecule has 0 aliphatic carbocycles. The Bertz CT molecular complexity index is 1400. The monoisotopic (exact) mass is 563 g/mol. The van der Waals surface area contributed by atoms with Gasteiger partial charge in [-0.25, -0.2) is 4.79 Å². The molecule has 2 heterocycles. The zero-order valence-corrected chi connectivity index (χ0v) is 23.3.